The van der Waals surface area contributed by atoms with Crippen LogP contribution in [0.5, 0.6) is 0 Å². The van der Waals surface area contributed by atoms with E-state index in [9.17, 15) is 9.59 Å². The van der Waals surface area contributed by atoms with E-state index in [1.807, 2.05) is 12.1 Å². The molecule has 1 aliphatic heterocycles. The van der Waals surface area contributed by atoms with Gasteiger partial charge in [-0.05, 0) is 43.2 Å². The molecule has 1 spiro atoms. The normalized spacial score (nSPS) is 24.5. The molecule has 2 aliphatic rings. The molecule has 2 atom stereocenters. The lowest BCUT2D eigenvalue weighted by atomic mass is 9.89. The molecule has 3 heterocycles. The van der Waals surface area contributed by atoms with Crippen LogP contribution in [0, 0.1) is 11.3 Å². The van der Waals surface area contributed by atoms with Crippen LogP contribution in [0.1, 0.15) is 63.4 Å². The molecular weight excluding hydrogens is 352 g/mol. The average molecular weight is 383 g/mol. The zero-order chi connectivity index (χ0) is 19.9. The van der Waals surface area contributed by atoms with E-state index in [0.717, 1.165) is 36.7 Å². The van der Waals surface area contributed by atoms with Gasteiger partial charge in [0.05, 0.1) is 0 Å². The number of likely N-dealkylation sites (tertiary alicyclic amines) is 1. The highest BCUT2D eigenvalue weighted by molar-refractivity contribution is 5.97. The molecule has 0 radical (unpaired) electrons. The summed E-state index contributed by atoms with van der Waals surface area (Å²) < 4.78 is 0. The van der Waals surface area contributed by atoms with E-state index < -0.39 is 0 Å². The first-order valence-electron chi connectivity index (χ1n) is 10.3. The average Bonchev–Trinajstić information content (AvgIpc) is 3.12. The second kappa shape index (κ2) is 6.90. The Morgan fingerprint density at radius 3 is 2.93 bits per heavy atom. The highest BCUT2D eigenvalue weighted by atomic mass is 16.2. The van der Waals surface area contributed by atoms with Crippen molar-refractivity contribution in [1.29, 1.82) is 0 Å². The van der Waals surface area contributed by atoms with Gasteiger partial charge in [0, 0.05) is 54.3 Å². The molecule has 6 nitrogen and oxygen atoms in total. The number of hydrogen-bond donors (Lipinski definition) is 2. The summed E-state index contributed by atoms with van der Waals surface area (Å²) in [5, 5.41) is 4.00. The quantitative estimate of drug-likeness (QED) is 0.849. The fourth-order valence-electron chi connectivity index (χ4n) is 4.65. The van der Waals surface area contributed by atoms with Gasteiger partial charge in [0.15, 0.2) is 0 Å². The summed E-state index contributed by atoms with van der Waals surface area (Å²) in [6.45, 7) is 7.81. The highest BCUT2D eigenvalue weighted by Gasteiger charge is 2.59. The van der Waals surface area contributed by atoms with Crippen LogP contribution in [0.2, 0.25) is 0 Å². The predicted molar refractivity (Wildman–Crippen MR) is 109 cm³/mol. The molecular formula is C22H30N4O2. The van der Waals surface area contributed by atoms with E-state index in [0.29, 0.717) is 24.6 Å². The van der Waals surface area contributed by atoms with E-state index in [2.05, 4.69) is 41.0 Å². The summed E-state index contributed by atoms with van der Waals surface area (Å²) in [5.41, 5.74) is 1.44. The van der Waals surface area contributed by atoms with Gasteiger partial charge in [-0.1, -0.05) is 20.8 Å². The fraction of sp³-hybridized carbons (Fsp3) is 0.591. The molecule has 6 heteroatoms. The Morgan fingerprint density at radius 2 is 2.18 bits per heavy atom. The lowest BCUT2D eigenvalue weighted by molar-refractivity contribution is -0.138. The minimum absolute atomic E-state index is 0.00119. The third kappa shape index (κ3) is 3.64. The van der Waals surface area contributed by atoms with Gasteiger partial charge in [-0.25, -0.2) is 0 Å². The van der Waals surface area contributed by atoms with Crippen molar-refractivity contribution in [3.05, 3.63) is 30.2 Å². The zero-order valence-corrected chi connectivity index (χ0v) is 17.0. The van der Waals surface area contributed by atoms with Crippen molar-refractivity contribution in [2.75, 3.05) is 13.1 Å². The van der Waals surface area contributed by atoms with Gasteiger partial charge in [-0.2, -0.15) is 0 Å². The van der Waals surface area contributed by atoms with Crippen LogP contribution >= 0.6 is 0 Å². The number of hydrogen-bond acceptors (Lipinski definition) is 3. The number of rotatable bonds is 4. The van der Waals surface area contributed by atoms with Crippen LogP contribution in [0.3, 0.4) is 0 Å². The SMILES string of the molecule is CC(C)(C)CC(=O)N1CCCCC12CC2CNC(=O)c1cc2cnccc2[nH]1. The largest absolute Gasteiger partial charge is 0.350 e. The van der Waals surface area contributed by atoms with Crippen LogP contribution in [-0.4, -0.2) is 45.3 Å². The number of carbonyl (C=O) groups excluding carboxylic acids is 2. The zero-order valence-electron chi connectivity index (χ0n) is 17.0. The van der Waals surface area contributed by atoms with Crippen molar-refractivity contribution in [1.82, 2.24) is 20.2 Å². The van der Waals surface area contributed by atoms with Crippen LogP contribution in [0.4, 0.5) is 0 Å². The molecule has 1 saturated carbocycles. The van der Waals surface area contributed by atoms with Crippen molar-refractivity contribution < 1.29 is 9.59 Å². The molecule has 1 saturated heterocycles. The van der Waals surface area contributed by atoms with E-state index >= 15 is 0 Å². The molecule has 2 amide bonds. The molecule has 28 heavy (non-hydrogen) atoms. The van der Waals surface area contributed by atoms with Gasteiger partial charge in [-0.3, -0.25) is 14.6 Å². The molecule has 2 aromatic heterocycles. The number of nitrogens with one attached hydrogen (secondary N) is 2. The second-order valence-electron chi connectivity index (χ2n) is 9.60. The number of amides is 2. The Hall–Kier alpha value is -2.37. The van der Waals surface area contributed by atoms with Crippen LogP contribution in [0.15, 0.2) is 24.5 Å². The Kier molecular flexibility index (Phi) is 4.68. The Balaban J connectivity index is 1.39. The minimum Gasteiger partial charge on any atom is -0.350 e. The Morgan fingerprint density at radius 1 is 1.36 bits per heavy atom. The molecule has 0 aromatic carbocycles. The summed E-state index contributed by atoms with van der Waals surface area (Å²) in [5.74, 6) is 0.525. The smallest absolute Gasteiger partial charge is 0.267 e. The standard InChI is InChI=1S/C22H30N4O2/c1-21(2,3)12-19(27)26-9-5-4-7-22(26)11-16(22)14-24-20(28)18-10-15-13-23-8-6-17(15)25-18/h6,8,10,13,16,25H,4-5,7,9,11-12,14H2,1-3H3,(H,24,28). The first-order valence-corrected chi connectivity index (χ1v) is 10.3. The van der Waals surface area contributed by atoms with Crippen molar-refractivity contribution in [2.24, 2.45) is 11.3 Å². The van der Waals surface area contributed by atoms with Gasteiger partial charge in [0.25, 0.3) is 5.91 Å². The third-order valence-electron chi connectivity index (χ3n) is 6.14. The maximum atomic E-state index is 12.9. The second-order valence-corrected chi connectivity index (χ2v) is 9.60. The lowest BCUT2D eigenvalue weighted by Gasteiger charge is -2.39. The van der Waals surface area contributed by atoms with Crippen molar-refractivity contribution in [3.8, 4) is 0 Å². The van der Waals surface area contributed by atoms with Crippen molar-refractivity contribution >= 4 is 22.7 Å². The van der Waals surface area contributed by atoms with Crippen LogP contribution in [-0.2, 0) is 4.79 Å². The number of fused-ring (bicyclic) bond motifs is 1. The molecule has 0 bridgehead atoms. The van der Waals surface area contributed by atoms with E-state index in [1.54, 1.807) is 12.4 Å². The maximum Gasteiger partial charge on any atom is 0.267 e. The Labute approximate surface area is 166 Å². The summed E-state index contributed by atoms with van der Waals surface area (Å²) >= 11 is 0. The van der Waals surface area contributed by atoms with E-state index in [4.69, 9.17) is 0 Å². The number of aromatic nitrogens is 2. The molecule has 2 aromatic rings. The molecule has 2 N–H and O–H groups in total. The van der Waals surface area contributed by atoms with Gasteiger partial charge in [0.1, 0.15) is 5.69 Å². The number of nitrogens with zero attached hydrogens (tertiary/aromatic N) is 2. The van der Waals surface area contributed by atoms with E-state index in [-0.39, 0.29) is 22.8 Å². The van der Waals surface area contributed by atoms with Gasteiger partial charge in [0.2, 0.25) is 5.91 Å². The minimum atomic E-state index is -0.0957. The van der Waals surface area contributed by atoms with E-state index in [1.165, 1.54) is 6.42 Å². The topological polar surface area (TPSA) is 78.1 Å². The highest BCUT2D eigenvalue weighted by Crippen LogP contribution is 2.54. The maximum absolute atomic E-state index is 12.9. The summed E-state index contributed by atoms with van der Waals surface area (Å²) in [4.78, 5) is 34.8. The first-order chi connectivity index (χ1) is 13.3. The van der Waals surface area contributed by atoms with Gasteiger partial charge in [-0.15, -0.1) is 0 Å². The first kappa shape index (κ1) is 19.0. The Bertz CT molecular complexity index is 864. The van der Waals surface area contributed by atoms with Crippen LogP contribution in [0.25, 0.3) is 10.9 Å². The molecule has 1 aliphatic carbocycles. The number of piperidine rings is 1. The van der Waals surface area contributed by atoms with Crippen LogP contribution < -0.4 is 5.32 Å². The number of carbonyl (C=O) groups is 2. The molecule has 2 fully saturated rings. The number of aromatic amines is 1. The number of pyridine rings is 1. The van der Waals surface area contributed by atoms with Gasteiger partial charge >= 0.3 is 0 Å². The number of H-pyrrole nitrogens is 1. The molecule has 150 valence electrons. The summed E-state index contributed by atoms with van der Waals surface area (Å²) in [6, 6.07) is 3.70. The monoisotopic (exact) mass is 382 g/mol. The van der Waals surface area contributed by atoms with Crippen molar-refractivity contribution in [3.63, 3.8) is 0 Å². The fourth-order valence-corrected chi connectivity index (χ4v) is 4.65. The molecule has 4 rings (SSSR count). The predicted octanol–water partition coefficient (Wildman–Crippen LogP) is 3.50. The van der Waals surface area contributed by atoms with Gasteiger partial charge < -0.3 is 15.2 Å². The molecule has 2 unspecified atom stereocenters. The summed E-state index contributed by atoms with van der Waals surface area (Å²) in [6.07, 6.45) is 8.34. The third-order valence-corrected chi connectivity index (χ3v) is 6.14. The lowest BCUT2D eigenvalue weighted by Crippen LogP contribution is -2.48. The van der Waals surface area contributed by atoms with Crippen molar-refractivity contribution in [2.45, 2.75) is 58.4 Å². The summed E-state index contributed by atoms with van der Waals surface area (Å²) in [7, 11) is 0.